The highest BCUT2D eigenvalue weighted by molar-refractivity contribution is 6.30. The first-order valence-corrected chi connectivity index (χ1v) is 10.7. The van der Waals surface area contributed by atoms with Crippen LogP contribution in [0.4, 0.5) is 10.5 Å². The Morgan fingerprint density at radius 1 is 1.18 bits per heavy atom. The molecule has 168 valence electrons. The van der Waals surface area contributed by atoms with Crippen LogP contribution in [0.3, 0.4) is 0 Å². The molecule has 1 atom stereocenters. The number of urea groups is 1. The molecule has 33 heavy (non-hydrogen) atoms. The Kier molecular flexibility index (Phi) is 8.01. The molecule has 0 aliphatic carbocycles. The van der Waals surface area contributed by atoms with E-state index in [-0.39, 0.29) is 24.5 Å². The van der Waals surface area contributed by atoms with Crippen LogP contribution in [0.2, 0.25) is 5.02 Å². The van der Waals surface area contributed by atoms with E-state index in [0.29, 0.717) is 36.6 Å². The zero-order chi connectivity index (χ0) is 22.5. The van der Waals surface area contributed by atoms with Gasteiger partial charge in [0.1, 0.15) is 0 Å². The number of imidazole rings is 1. The van der Waals surface area contributed by atoms with Crippen molar-refractivity contribution in [3.05, 3.63) is 82.9 Å². The van der Waals surface area contributed by atoms with Gasteiger partial charge in [0.15, 0.2) is 0 Å². The van der Waals surface area contributed by atoms with Crippen LogP contribution in [0.5, 0.6) is 0 Å². The van der Waals surface area contributed by atoms with E-state index in [1.54, 1.807) is 41.7 Å². The summed E-state index contributed by atoms with van der Waals surface area (Å²) in [5.41, 5.74) is 3.41. The Morgan fingerprint density at radius 2 is 1.97 bits per heavy atom. The van der Waals surface area contributed by atoms with Crippen LogP contribution in [0.1, 0.15) is 30.2 Å². The number of rotatable bonds is 6. The van der Waals surface area contributed by atoms with Crippen LogP contribution < -0.4 is 4.90 Å². The van der Waals surface area contributed by atoms with Crippen LogP contribution >= 0.6 is 24.0 Å². The fraction of sp³-hybridized carbons (Fsp3) is 0.240. The van der Waals surface area contributed by atoms with Crippen molar-refractivity contribution in [3.63, 3.8) is 0 Å². The molecule has 6 nitrogen and oxygen atoms in total. The molecule has 3 aromatic rings. The van der Waals surface area contributed by atoms with Crippen LogP contribution in [0.25, 0.3) is 0 Å². The topological polar surface area (TPSA) is 65.2 Å². The lowest BCUT2D eigenvalue weighted by Crippen LogP contribution is -2.35. The minimum absolute atomic E-state index is 0. The zero-order valence-electron chi connectivity index (χ0n) is 18.1. The SMILES string of the molecule is CC#CCC1CN(c2cccc(Cl)c2)C(=O)N1Cc1cncn1Cc1ccc(C#N)cc1.Cl. The maximum atomic E-state index is 13.4. The van der Waals surface area contributed by atoms with Gasteiger partial charge in [-0.05, 0) is 42.8 Å². The van der Waals surface area contributed by atoms with E-state index in [9.17, 15) is 4.79 Å². The average molecular weight is 480 g/mol. The molecule has 1 fully saturated rings. The molecule has 4 rings (SSSR count). The van der Waals surface area contributed by atoms with Crippen molar-refractivity contribution < 1.29 is 4.79 Å². The molecule has 0 bridgehead atoms. The van der Waals surface area contributed by atoms with E-state index in [1.165, 1.54) is 0 Å². The van der Waals surface area contributed by atoms with E-state index in [4.69, 9.17) is 16.9 Å². The highest BCUT2D eigenvalue weighted by Crippen LogP contribution is 2.28. The van der Waals surface area contributed by atoms with Crippen LogP contribution in [-0.4, -0.2) is 33.1 Å². The van der Waals surface area contributed by atoms with Gasteiger partial charge in [0.25, 0.3) is 0 Å². The van der Waals surface area contributed by atoms with Crippen molar-refractivity contribution in [3.8, 4) is 17.9 Å². The van der Waals surface area contributed by atoms with Gasteiger partial charge >= 0.3 is 6.03 Å². The highest BCUT2D eigenvalue weighted by Gasteiger charge is 2.38. The van der Waals surface area contributed by atoms with Crippen LogP contribution in [0.15, 0.2) is 61.1 Å². The molecule has 2 amide bonds. The summed E-state index contributed by atoms with van der Waals surface area (Å²) in [5, 5.41) is 9.59. The number of aromatic nitrogens is 2. The number of halogens is 2. The number of nitriles is 1. The second-order valence-electron chi connectivity index (χ2n) is 7.61. The second-order valence-corrected chi connectivity index (χ2v) is 8.04. The minimum Gasteiger partial charge on any atom is -0.329 e. The smallest absolute Gasteiger partial charge is 0.325 e. The third-order valence-corrected chi connectivity index (χ3v) is 5.75. The number of nitrogens with zero attached hydrogens (tertiary/aromatic N) is 5. The summed E-state index contributed by atoms with van der Waals surface area (Å²) < 4.78 is 2.03. The molecule has 2 heterocycles. The molecule has 1 aliphatic heterocycles. The van der Waals surface area contributed by atoms with Crippen molar-refractivity contribution in [2.45, 2.75) is 32.5 Å². The van der Waals surface area contributed by atoms with Crippen molar-refractivity contribution in [1.82, 2.24) is 14.5 Å². The molecule has 0 radical (unpaired) electrons. The molecule has 0 saturated carbocycles. The quantitative estimate of drug-likeness (QED) is 0.461. The van der Waals surface area contributed by atoms with Gasteiger partial charge in [-0.1, -0.05) is 29.8 Å². The summed E-state index contributed by atoms with van der Waals surface area (Å²) in [6.07, 6.45) is 4.16. The monoisotopic (exact) mass is 479 g/mol. The van der Waals surface area contributed by atoms with Gasteiger partial charge < -0.3 is 9.47 Å². The molecule has 8 heteroatoms. The predicted octanol–water partition coefficient (Wildman–Crippen LogP) is 5.10. The van der Waals surface area contributed by atoms with Gasteiger partial charge in [0, 0.05) is 36.4 Å². The lowest BCUT2D eigenvalue weighted by molar-refractivity contribution is 0.202. The Hall–Kier alpha value is -3.45. The van der Waals surface area contributed by atoms with E-state index >= 15 is 0 Å². The lowest BCUT2D eigenvalue weighted by atomic mass is 10.1. The Bertz CT molecular complexity index is 1220. The van der Waals surface area contributed by atoms with Crippen LogP contribution in [-0.2, 0) is 13.1 Å². The lowest BCUT2D eigenvalue weighted by Gasteiger charge is -2.22. The molecular weight excluding hydrogens is 457 g/mol. The molecule has 2 aromatic carbocycles. The van der Waals surface area contributed by atoms with Gasteiger partial charge in [0.05, 0.1) is 36.2 Å². The summed E-state index contributed by atoms with van der Waals surface area (Å²) >= 11 is 6.16. The molecule has 0 spiro atoms. The zero-order valence-corrected chi connectivity index (χ0v) is 19.7. The first-order valence-electron chi connectivity index (χ1n) is 10.3. The number of anilines is 1. The predicted molar refractivity (Wildman–Crippen MR) is 131 cm³/mol. The molecular formula is C25H23Cl2N5O. The van der Waals surface area contributed by atoms with Crippen molar-refractivity contribution in [2.24, 2.45) is 0 Å². The standard InChI is InChI=1S/C25H22ClN5O.ClH/c1-2-3-6-23-16-30(22-7-4-5-21(26)12-22)25(32)31(23)17-24-14-28-18-29(24)15-20-10-8-19(13-27)9-11-20;/h4-5,7-12,14,18,23H,6,15-17H2,1H3;1H. The maximum Gasteiger partial charge on any atom is 0.325 e. The summed E-state index contributed by atoms with van der Waals surface area (Å²) in [4.78, 5) is 21.3. The van der Waals surface area contributed by atoms with Gasteiger partial charge in [-0.3, -0.25) is 4.90 Å². The first kappa shape index (κ1) is 24.2. The van der Waals surface area contributed by atoms with Crippen LogP contribution in [0, 0.1) is 23.2 Å². The Balaban J connectivity index is 0.00000306. The number of carbonyl (C=O) groups is 1. The largest absolute Gasteiger partial charge is 0.329 e. The third-order valence-electron chi connectivity index (χ3n) is 5.51. The van der Waals surface area contributed by atoms with Gasteiger partial charge in [-0.15, -0.1) is 24.2 Å². The Morgan fingerprint density at radius 3 is 2.67 bits per heavy atom. The summed E-state index contributed by atoms with van der Waals surface area (Å²) in [6, 6.07) is 16.9. The number of hydrogen-bond acceptors (Lipinski definition) is 3. The number of hydrogen-bond donors (Lipinski definition) is 0. The summed E-state index contributed by atoms with van der Waals surface area (Å²) in [6.45, 7) is 3.41. The number of benzene rings is 2. The fourth-order valence-corrected chi connectivity index (χ4v) is 4.01. The third kappa shape index (κ3) is 5.49. The van der Waals surface area contributed by atoms with E-state index in [1.807, 2.05) is 40.7 Å². The molecule has 1 aromatic heterocycles. The highest BCUT2D eigenvalue weighted by atomic mass is 35.5. The van der Waals surface area contributed by atoms with Gasteiger partial charge in [0.2, 0.25) is 0 Å². The molecule has 1 aliphatic rings. The number of carbonyl (C=O) groups excluding carboxylic acids is 1. The van der Waals surface area contributed by atoms with Gasteiger partial charge in [-0.25, -0.2) is 9.78 Å². The van der Waals surface area contributed by atoms with E-state index in [0.717, 1.165) is 16.9 Å². The Labute approximate surface area is 204 Å². The molecule has 0 N–H and O–H groups in total. The maximum absolute atomic E-state index is 13.4. The van der Waals surface area contributed by atoms with E-state index < -0.39 is 0 Å². The molecule has 1 unspecified atom stereocenters. The average Bonchev–Trinajstić information content (AvgIpc) is 3.37. The van der Waals surface area contributed by atoms with Gasteiger partial charge in [-0.2, -0.15) is 5.26 Å². The van der Waals surface area contributed by atoms with Crippen molar-refractivity contribution in [2.75, 3.05) is 11.4 Å². The minimum atomic E-state index is -0.0682. The normalized spacial score (nSPS) is 14.9. The van der Waals surface area contributed by atoms with E-state index in [2.05, 4.69) is 22.9 Å². The summed E-state index contributed by atoms with van der Waals surface area (Å²) in [5.74, 6) is 6.06. The first-order chi connectivity index (χ1) is 15.6. The number of amides is 2. The summed E-state index contributed by atoms with van der Waals surface area (Å²) in [7, 11) is 0. The second kappa shape index (κ2) is 10.9. The van der Waals surface area contributed by atoms with Crippen molar-refractivity contribution >= 4 is 35.7 Å². The van der Waals surface area contributed by atoms with Crippen molar-refractivity contribution in [1.29, 1.82) is 5.26 Å². The fourth-order valence-electron chi connectivity index (χ4n) is 3.83. The molecule has 1 saturated heterocycles.